The maximum absolute atomic E-state index is 13.7. The molecular weight excluding hydrogens is 408 g/mol. The van der Waals surface area contributed by atoms with Crippen molar-refractivity contribution in [1.29, 1.82) is 0 Å². The first kappa shape index (κ1) is 21.3. The second-order valence-corrected chi connectivity index (χ2v) is 8.82. The molecule has 0 saturated heterocycles. The van der Waals surface area contributed by atoms with Crippen LogP contribution in [0.4, 0.5) is 11.4 Å². The molecule has 2 N–H and O–H groups in total. The molecule has 0 spiro atoms. The number of para-hydroxylation sites is 3. The van der Waals surface area contributed by atoms with Crippen molar-refractivity contribution in [3.8, 4) is 5.75 Å². The van der Waals surface area contributed by atoms with Gasteiger partial charge in [-0.05, 0) is 42.5 Å². The minimum absolute atomic E-state index is 0.173. The van der Waals surface area contributed by atoms with E-state index in [1.165, 1.54) is 5.56 Å². The summed E-state index contributed by atoms with van der Waals surface area (Å²) in [6, 6.07) is 26.4. The molecule has 0 amide bonds. The average molecular weight is 439 g/mol. The number of anilines is 2. The summed E-state index contributed by atoms with van der Waals surface area (Å²) in [5.41, 5.74) is 6.04. The largest absolute Gasteiger partial charge is 0.493 e. The maximum atomic E-state index is 13.7. The van der Waals surface area contributed by atoms with Crippen molar-refractivity contribution in [3.63, 3.8) is 0 Å². The number of unbranched alkanes of at least 4 members (excludes halogenated alkanes) is 1. The number of Topliss-reactive ketones (excluding diaryl/α,β-unsaturated/α-hetero) is 1. The maximum Gasteiger partial charge on any atom is 0.163 e. The predicted octanol–water partition coefficient (Wildman–Crippen LogP) is 6.85. The standard InChI is InChI=1S/C29H30N2O2/c1-2-3-17-33-27-16-10-7-13-22(27)29-28-25(30-23-14-8-9-15-24(23)31-29)18-21(19-26(28)32)20-11-5-4-6-12-20/h4-16,21,29-31H,2-3,17-19H2,1H3/t21-,29-/m1/s1. The summed E-state index contributed by atoms with van der Waals surface area (Å²) in [6.07, 6.45) is 3.40. The van der Waals surface area contributed by atoms with Crippen molar-refractivity contribution in [2.75, 3.05) is 17.2 Å². The quantitative estimate of drug-likeness (QED) is 0.414. The summed E-state index contributed by atoms with van der Waals surface area (Å²) in [5.74, 6) is 1.20. The lowest BCUT2D eigenvalue weighted by atomic mass is 9.78. The number of rotatable bonds is 6. The molecule has 0 fully saturated rings. The van der Waals surface area contributed by atoms with Crippen molar-refractivity contribution in [3.05, 3.63) is 101 Å². The Morgan fingerprint density at radius 1 is 0.879 bits per heavy atom. The van der Waals surface area contributed by atoms with Crippen LogP contribution in [0, 0.1) is 0 Å². The van der Waals surface area contributed by atoms with E-state index < -0.39 is 0 Å². The van der Waals surface area contributed by atoms with Gasteiger partial charge in [0, 0.05) is 23.3 Å². The average Bonchev–Trinajstić information content (AvgIpc) is 3.02. The normalized spacial score (nSPS) is 19.6. The van der Waals surface area contributed by atoms with Crippen molar-refractivity contribution in [2.45, 2.75) is 44.6 Å². The van der Waals surface area contributed by atoms with Gasteiger partial charge in [0.1, 0.15) is 5.75 Å². The zero-order valence-corrected chi connectivity index (χ0v) is 19.0. The summed E-state index contributed by atoms with van der Waals surface area (Å²) in [6.45, 7) is 2.83. The molecule has 0 radical (unpaired) electrons. The van der Waals surface area contributed by atoms with Gasteiger partial charge < -0.3 is 15.4 Å². The number of fused-ring (bicyclic) bond motifs is 1. The van der Waals surface area contributed by atoms with Gasteiger partial charge in [-0.25, -0.2) is 0 Å². The molecule has 5 rings (SSSR count). The first-order chi connectivity index (χ1) is 16.2. The van der Waals surface area contributed by atoms with Gasteiger partial charge in [0.2, 0.25) is 0 Å². The molecule has 1 aliphatic carbocycles. The summed E-state index contributed by atoms with van der Waals surface area (Å²) >= 11 is 0. The van der Waals surface area contributed by atoms with Crippen LogP contribution in [-0.2, 0) is 4.79 Å². The molecule has 2 aliphatic rings. The predicted molar refractivity (Wildman–Crippen MR) is 134 cm³/mol. The lowest BCUT2D eigenvalue weighted by Gasteiger charge is -2.30. The molecule has 2 atom stereocenters. The van der Waals surface area contributed by atoms with E-state index in [0.29, 0.717) is 13.0 Å². The summed E-state index contributed by atoms with van der Waals surface area (Å²) in [7, 11) is 0. The van der Waals surface area contributed by atoms with E-state index in [1.54, 1.807) is 0 Å². The second kappa shape index (κ2) is 9.53. The monoisotopic (exact) mass is 438 g/mol. The fourth-order valence-electron chi connectivity index (χ4n) is 4.86. The van der Waals surface area contributed by atoms with E-state index in [1.807, 2.05) is 48.5 Å². The topological polar surface area (TPSA) is 50.4 Å². The van der Waals surface area contributed by atoms with Gasteiger partial charge in [0.25, 0.3) is 0 Å². The van der Waals surface area contributed by atoms with Crippen LogP contribution in [0.5, 0.6) is 5.75 Å². The smallest absolute Gasteiger partial charge is 0.163 e. The SMILES string of the molecule is CCCCOc1ccccc1[C@H]1Nc2ccccc2NC2=C1C(=O)C[C@H](c1ccccc1)C2. The van der Waals surface area contributed by atoms with Crippen LogP contribution in [0.15, 0.2) is 90.1 Å². The molecule has 1 heterocycles. The molecule has 4 nitrogen and oxygen atoms in total. The van der Waals surface area contributed by atoms with Crippen LogP contribution in [0.2, 0.25) is 0 Å². The number of allylic oxidation sites excluding steroid dienone is 1. The molecule has 0 bridgehead atoms. The van der Waals surface area contributed by atoms with Crippen LogP contribution in [-0.4, -0.2) is 12.4 Å². The number of benzene rings is 3. The Bertz CT molecular complexity index is 1170. The number of carbonyl (C=O) groups is 1. The third kappa shape index (κ3) is 4.38. The van der Waals surface area contributed by atoms with Crippen molar-refractivity contribution in [2.24, 2.45) is 0 Å². The molecule has 0 unspecified atom stereocenters. The number of hydrogen-bond donors (Lipinski definition) is 2. The minimum atomic E-state index is -0.266. The van der Waals surface area contributed by atoms with Gasteiger partial charge in [0.15, 0.2) is 5.78 Å². The second-order valence-electron chi connectivity index (χ2n) is 8.82. The first-order valence-electron chi connectivity index (χ1n) is 11.9. The molecule has 0 saturated carbocycles. The Kier molecular flexibility index (Phi) is 6.16. The lowest BCUT2D eigenvalue weighted by Crippen LogP contribution is -2.27. The summed E-state index contributed by atoms with van der Waals surface area (Å²) < 4.78 is 6.17. The van der Waals surface area contributed by atoms with E-state index in [4.69, 9.17) is 4.74 Å². The molecule has 33 heavy (non-hydrogen) atoms. The van der Waals surface area contributed by atoms with E-state index in [9.17, 15) is 4.79 Å². The number of carbonyl (C=O) groups excluding carboxylic acids is 1. The summed E-state index contributed by atoms with van der Waals surface area (Å²) in [5, 5.41) is 7.29. The highest BCUT2D eigenvalue weighted by Gasteiger charge is 2.36. The third-order valence-corrected chi connectivity index (χ3v) is 6.57. The van der Waals surface area contributed by atoms with E-state index in [-0.39, 0.29) is 17.7 Å². The first-order valence-corrected chi connectivity index (χ1v) is 11.9. The Hall–Kier alpha value is -3.53. The highest BCUT2D eigenvalue weighted by molar-refractivity contribution is 6.01. The molecule has 0 aromatic heterocycles. The van der Waals surface area contributed by atoms with Crippen LogP contribution >= 0.6 is 0 Å². The number of ether oxygens (including phenoxy) is 1. The Morgan fingerprint density at radius 2 is 1.61 bits per heavy atom. The fraction of sp³-hybridized carbons (Fsp3) is 0.276. The van der Waals surface area contributed by atoms with Gasteiger partial charge in [0.05, 0.1) is 24.0 Å². The molecular formula is C29H30N2O2. The van der Waals surface area contributed by atoms with Crippen molar-refractivity contribution >= 4 is 17.2 Å². The van der Waals surface area contributed by atoms with Gasteiger partial charge in [-0.1, -0.05) is 74.0 Å². The molecule has 3 aromatic carbocycles. The van der Waals surface area contributed by atoms with Crippen molar-refractivity contribution < 1.29 is 9.53 Å². The summed E-state index contributed by atoms with van der Waals surface area (Å²) in [4.78, 5) is 13.7. The van der Waals surface area contributed by atoms with Crippen molar-refractivity contribution in [1.82, 2.24) is 0 Å². The number of nitrogens with one attached hydrogen (secondary N) is 2. The van der Waals surface area contributed by atoms with Crippen LogP contribution in [0.1, 0.15) is 55.7 Å². The highest BCUT2D eigenvalue weighted by Crippen LogP contribution is 2.45. The van der Waals surface area contributed by atoms with Gasteiger partial charge >= 0.3 is 0 Å². The van der Waals surface area contributed by atoms with Gasteiger partial charge in [-0.3, -0.25) is 4.79 Å². The highest BCUT2D eigenvalue weighted by atomic mass is 16.5. The number of hydrogen-bond acceptors (Lipinski definition) is 4. The van der Waals surface area contributed by atoms with Crippen LogP contribution in [0.25, 0.3) is 0 Å². The van der Waals surface area contributed by atoms with Gasteiger partial charge in [-0.2, -0.15) is 0 Å². The lowest BCUT2D eigenvalue weighted by molar-refractivity contribution is -0.116. The molecule has 4 heteroatoms. The fourth-order valence-corrected chi connectivity index (χ4v) is 4.86. The van der Waals surface area contributed by atoms with Gasteiger partial charge in [-0.15, -0.1) is 0 Å². The number of ketones is 1. The van der Waals surface area contributed by atoms with E-state index >= 15 is 0 Å². The molecule has 168 valence electrons. The Balaban J connectivity index is 1.58. The molecule has 1 aliphatic heterocycles. The van der Waals surface area contributed by atoms with Crippen LogP contribution < -0.4 is 15.4 Å². The Morgan fingerprint density at radius 3 is 2.42 bits per heavy atom. The minimum Gasteiger partial charge on any atom is -0.493 e. The zero-order valence-electron chi connectivity index (χ0n) is 19.0. The van der Waals surface area contributed by atoms with E-state index in [2.05, 4.69) is 47.9 Å². The van der Waals surface area contributed by atoms with Crippen LogP contribution in [0.3, 0.4) is 0 Å². The van der Waals surface area contributed by atoms with E-state index in [0.717, 1.165) is 53.2 Å². The molecule has 3 aromatic rings. The Labute approximate surface area is 195 Å². The third-order valence-electron chi connectivity index (χ3n) is 6.57. The zero-order chi connectivity index (χ0) is 22.6.